The Bertz CT molecular complexity index is 150. The molecule has 3 heteroatoms. The van der Waals surface area contributed by atoms with Gasteiger partial charge in [-0.15, -0.1) is 12.4 Å². The lowest BCUT2D eigenvalue weighted by atomic mass is 9.91. The second-order valence-corrected chi connectivity index (χ2v) is 4.24. The average molecular weight is 206 g/mol. The van der Waals surface area contributed by atoms with Gasteiger partial charge in [0, 0.05) is 6.04 Å². The van der Waals surface area contributed by atoms with E-state index in [-0.39, 0.29) is 12.4 Å². The Morgan fingerprint density at radius 1 is 0.923 bits per heavy atom. The number of hydrogen-bond acceptors (Lipinski definition) is 2. The van der Waals surface area contributed by atoms with E-state index in [1.807, 2.05) is 0 Å². The van der Waals surface area contributed by atoms with Crippen molar-refractivity contribution in [3.05, 3.63) is 0 Å². The molecule has 0 unspecified atom stereocenters. The number of halogens is 1. The number of nitrogens with two attached hydrogens (primary N) is 1. The van der Waals surface area contributed by atoms with E-state index in [1.54, 1.807) is 0 Å². The highest BCUT2D eigenvalue weighted by atomic mass is 35.5. The molecular formula is C10H20ClNO. The third-order valence-electron chi connectivity index (χ3n) is 3.10. The average Bonchev–Trinajstić information content (AvgIpc) is 1.97. The summed E-state index contributed by atoms with van der Waals surface area (Å²) in [5, 5.41) is 0. The Morgan fingerprint density at radius 3 is 2.08 bits per heavy atom. The van der Waals surface area contributed by atoms with Gasteiger partial charge in [-0.05, 0) is 44.9 Å². The predicted octanol–water partition coefficient (Wildman–Crippen LogP) is 2.25. The largest absolute Gasteiger partial charge is 0.375 e. The smallest absolute Gasteiger partial charge is 0.0593 e. The first-order valence-electron chi connectivity index (χ1n) is 5.25. The van der Waals surface area contributed by atoms with Gasteiger partial charge in [-0.25, -0.2) is 0 Å². The van der Waals surface area contributed by atoms with E-state index in [4.69, 9.17) is 10.5 Å². The summed E-state index contributed by atoms with van der Waals surface area (Å²) in [5.41, 5.74) is 5.88. The Balaban J connectivity index is 0.000000845. The summed E-state index contributed by atoms with van der Waals surface area (Å²) < 4.78 is 5.92. The van der Waals surface area contributed by atoms with Crippen molar-refractivity contribution < 1.29 is 4.74 Å². The topological polar surface area (TPSA) is 35.2 Å². The van der Waals surface area contributed by atoms with E-state index in [0.717, 1.165) is 6.42 Å². The lowest BCUT2D eigenvalue weighted by Crippen LogP contribution is -2.36. The molecule has 2 N–H and O–H groups in total. The van der Waals surface area contributed by atoms with Crippen molar-refractivity contribution >= 4 is 12.4 Å². The molecular weight excluding hydrogens is 186 g/mol. The van der Waals surface area contributed by atoms with Crippen LogP contribution in [-0.4, -0.2) is 18.2 Å². The lowest BCUT2D eigenvalue weighted by Gasteiger charge is -2.34. The highest BCUT2D eigenvalue weighted by Gasteiger charge is 2.25. The van der Waals surface area contributed by atoms with Gasteiger partial charge < -0.3 is 10.5 Å². The zero-order valence-electron chi connectivity index (χ0n) is 8.08. The Labute approximate surface area is 86.6 Å². The van der Waals surface area contributed by atoms with Crippen molar-refractivity contribution in [2.75, 3.05) is 0 Å². The van der Waals surface area contributed by atoms with Gasteiger partial charge in [0.2, 0.25) is 0 Å². The van der Waals surface area contributed by atoms with Gasteiger partial charge in [0.15, 0.2) is 0 Å². The summed E-state index contributed by atoms with van der Waals surface area (Å²) in [7, 11) is 0. The Hall–Kier alpha value is 0.210. The summed E-state index contributed by atoms with van der Waals surface area (Å²) in [6.07, 6.45) is 9.80. The van der Waals surface area contributed by atoms with Crippen LogP contribution in [0.4, 0.5) is 0 Å². The van der Waals surface area contributed by atoms with Crippen LogP contribution < -0.4 is 5.73 Å². The van der Waals surface area contributed by atoms with E-state index >= 15 is 0 Å². The second kappa shape index (κ2) is 5.18. The van der Waals surface area contributed by atoms with Crippen LogP contribution in [0.25, 0.3) is 0 Å². The third-order valence-corrected chi connectivity index (χ3v) is 3.10. The zero-order valence-corrected chi connectivity index (χ0v) is 8.89. The Kier molecular flexibility index (Phi) is 4.50. The normalized spacial score (nSPS) is 34.8. The van der Waals surface area contributed by atoms with Crippen molar-refractivity contribution in [2.45, 2.75) is 63.2 Å². The molecule has 13 heavy (non-hydrogen) atoms. The second-order valence-electron chi connectivity index (χ2n) is 4.24. The van der Waals surface area contributed by atoms with E-state index in [1.165, 1.54) is 38.5 Å². The number of hydrogen-bond donors (Lipinski definition) is 1. The molecule has 0 radical (unpaired) electrons. The molecule has 0 bridgehead atoms. The molecule has 0 heterocycles. The van der Waals surface area contributed by atoms with E-state index in [2.05, 4.69) is 0 Å². The monoisotopic (exact) mass is 205 g/mol. The summed E-state index contributed by atoms with van der Waals surface area (Å²) in [6.45, 7) is 0. The van der Waals surface area contributed by atoms with Crippen LogP contribution in [0.1, 0.15) is 44.9 Å². The van der Waals surface area contributed by atoms with E-state index in [0.29, 0.717) is 18.2 Å². The van der Waals surface area contributed by atoms with Gasteiger partial charge in [-0.3, -0.25) is 0 Å². The van der Waals surface area contributed by atoms with Crippen LogP contribution >= 0.6 is 12.4 Å². The van der Waals surface area contributed by atoms with Crippen molar-refractivity contribution in [1.29, 1.82) is 0 Å². The van der Waals surface area contributed by atoms with Crippen LogP contribution in [0, 0.1) is 0 Å². The first kappa shape index (κ1) is 11.3. The van der Waals surface area contributed by atoms with Gasteiger partial charge in [0.25, 0.3) is 0 Å². The molecule has 0 aromatic carbocycles. The van der Waals surface area contributed by atoms with Gasteiger partial charge in [0.1, 0.15) is 0 Å². The molecule has 2 atom stereocenters. The minimum absolute atomic E-state index is 0. The minimum atomic E-state index is 0. The molecule has 0 spiro atoms. The van der Waals surface area contributed by atoms with Crippen LogP contribution in [-0.2, 0) is 4.74 Å². The fraction of sp³-hybridized carbons (Fsp3) is 1.00. The molecule has 2 aliphatic carbocycles. The fourth-order valence-corrected chi connectivity index (χ4v) is 2.08. The number of ether oxygens (including phenoxy) is 1. The highest BCUT2D eigenvalue weighted by molar-refractivity contribution is 5.85. The molecule has 2 nitrogen and oxygen atoms in total. The maximum absolute atomic E-state index is 5.92. The molecule has 2 fully saturated rings. The molecule has 0 saturated heterocycles. The summed E-state index contributed by atoms with van der Waals surface area (Å²) >= 11 is 0. The predicted molar refractivity (Wildman–Crippen MR) is 56.2 cm³/mol. The lowest BCUT2D eigenvalue weighted by molar-refractivity contribution is -0.0669. The van der Waals surface area contributed by atoms with Crippen LogP contribution in [0.2, 0.25) is 0 Å². The maximum atomic E-state index is 5.92. The molecule has 2 aliphatic rings. The van der Waals surface area contributed by atoms with Gasteiger partial charge in [-0.1, -0.05) is 0 Å². The Morgan fingerprint density at radius 2 is 1.54 bits per heavy atom. The van der Waals surface area contributed by atoms with E-state index < -0.39 is 0 Å². The van der Waals surface area contributed by atoms with Gasteiger partial charge in [-0.2, -0.15) is 0 Å². The maximum Gasteiger partial charge on any atom is 0.0593 e. The number of rotatable bonds is 2. The van der Waals surface area contributed by atoms with Crippen LogP contribution in [0.5, 0.6) is 0 Å². The first-order valence-corrected chi connectivity index (χ1v) is 5.25. The summed E-state index contributed by atoms with van der Waals surface area (Å²) in [5.74, 6) is 0. The first-order chi connectivity index (χ1) is 5.84. The molecule has 78 valence electrons. The molecule has 0 aromatic heterocycles. The SMILES string of the molecule is Cl.N[C@@H]1CCC[C@H](OC2CCC2)C1. The third kappa shape index (κ3) is 3.12. The standard InChI is InChI=1S/C10H19NO.ClH/c11-8-3-1-6-10(7-8)12-9-4-2-5-9;/h8-10H,1-7,11H2;1H/t8-,10+;/m1./s1. The van der Waals surface area contributed by atoms with Crippen LogP contribution in [0.3, 0.4) is 0 Å². The molecule has 2 rings (SSSR count). The van der Waals surface area contributed by atoms with Crippen molar-refractivity contribution in [1.82, 2.24) is 0 Å². The van der Waals surface area contributed by atoms with Crippen molar-refractivity contribution in [3.63, 3.8) is 0 Å². The van der Waals surface area contributed by atoms with Crippen LogP contribution in [0.15, 0.2) is 0 Å². The van der Waals surface area contributed by atoms with E-state index in [9.17, 15) is 0 Å². The fourth-order valence-electron chi connectivity index (χ4n) is 2.08. The van der Waals surface area contributed by atoms with Gasteiger partial charge >= 0.3 is 0 Å². The van der Waals surface area contributed by atoms with Crippen molar-refractivity contribution in [2.24, 2.45) is 5.73 Å². The molecule has 0 aliphatic heterocycles. The van der Waals surface area contributed by atoms with Gasteiger partial charge in [0.05, 0.1) is 12.2 Å². The van der Waals surface area contributed by atoms with Crippen molar-refractivity contribution in [3.8, 4) is 0 Å². The summed E-state index contributed by atoms with van der Waals surface area (Å²) in [6, 6.07) is 0.406. The molecule has 0 aromatic rings. The zero-order chi connectivity index (χ0) is 8.39. The molecule has 2 saturated carbocycles. The summed E-state index contributed by atoms with van der Waals surface area (Å²) in [4.78, 5) is 0. The molecule has 0 amide bonds. The highest BCUT2D eigenvalue weighted by Crippen LogP contribution is 2.28. The quantitative estimate of drug-likeness (QED) is 0.751. The minimum Gasteiger partial charge on any atom is -0.375 e.